The second kappa shape index (κ2) is 17.9. The van der Waals surface area contributed by atoms with E-state index < -0.39 is 11.6 Å². The highest BCUT2D eigenvalue weighted by Gasteiger charge is 2.36. The molecule has 2 fully saturated rings. The normalized spacial score (nSPS) is 17.4. The molecule has 20 heteroatoms. The maximum absolute atomic E-state index is 15.2. The third-order valence-electron chi connectivity index (χ3n) is 10.8. The van der Waals surface area contributed by atoms with Crippen LogP contribution in [0.25, 0.3) is 11.0 Å². The molecule has 2 aliphatic heterocycles. The van der Waals surface area contributed by atoms with Crippen LogP contribution < -0.4 is 31.6 Å². The number of amides is 2. The van der Waals surface area contributed by atoms with Crippen molar-refractivity contribution in [2.45, 2.75) is 90.3 Å². The quantitative estimate of drug-likeness (QED) is 0.104. The molecule has 4 aromatic heterocycles. The average molecular weight is 933 g/mol. The van der Waals surface area contributed by atoms with E-state index in [1.165, 1.54) is 0 Å². The van der Waals surface area contributed by atoms with Crippen molar-refractivity contribution in [2.24, 2.45) is 0 Å². The molecule has 62 heavy (non-hydrogen) atoms. The largest absolute Gasteiger partial charge is 0.490 e. The number of hydrogen-bond donors (Lipinski definition) is 4. The first-order valence-corrected chi connectivity index (χ1v) is 21.3. The summed E-state index contributed by atoms with van der Waals surface area (Å²) >= 11 is 25.3. The van der Waals surface area contributed by atoms with E-state index in [2.05, 4.69) is 30.6 Å². The number of fused-ring (bicyclic) bond motifs is 2. The highest BCUT2D eigenvalue weighted by Crippen LogP contribution is 2.46. The van der Waals surface area contributed by atoms with Crippen LogP contribution in [0.1, 0.15) is 112 Å². The molecule has 8 rings (SSSR count). The minimum Gasteiger partial charge on any atom is -0.490 e. The van der Waals surface area contributed by atoms with Gasteiger partial charge in [-0.05, 0) is 39.8 Å². The van der Waals surface area contributed by atoms with Crippen molar-refractivity contribution in [1.82, 2.24) is 39.4 Å². The maximum Gasteiger partial charge on any atom is 0.220 e. The standard InChI is InChI=1S/2C21H22Cl2FN5O2/c2*1-9(2)31-18-12(7-13(22)16(24)15(18)11-6-14(30)27-8-11)10(3)21-28-19(23)17-20(25)26-4-5-29(17)21/h2*4-5,7,9-11H,6,8H2,1-3H3,(H2,25,26)(H,27,30)/t2*10-,11?/m11/s1. The summed E-state index contributed by atoms with van der Waals surface area (Å²) in [6, 6.07) is 3.10. The number of nitrogens with zero attached hydrogens (tertiary/aromatic N) is 6. The van der Waals surface area contributed by atoms with Crippen molar-refractivity contribution in [3.63, 3.8) is 0 Å². The van der Waals surface area contributed by atoms with E-state index in [1.54, 1.807) is 45.7 Å². The Morgan fingerprint density at radius 3 is 1.37 bits per heavy atom. The average Bonchev–Trinajstić information content (AvgIpc) is 4.00. The number of halogens is 6. The van der Waals surface area contributed by atoms with Crippen molar-refractivity contribution in [3.05, 3.63) is 103 Å². The van der Waals surface area contributed by atoms with E-state index >= 15 is 8.78 Å². The topological polar surface area (TPSA) is 189 Å². The molecule has 2 aliphatic rings. The number of nitrogens with one attached hydrogen (secondary N) is 2. The van der Waals surface area contributed by atoms with Crippen molar-refractivity contribution >= 4 is 80.9 Å². The molecule has 0 saturated carbocycles. The van der Waals surface area contributed by atoms with E-state index in [4.69, 9.17) is 67.3 Å². The van der Waals surface area contributed by atoms with E-state index in [-0.39, 0.29) is 92.5 Å². The monoisotopic (exact) mass is 930 g/mol. The summed E-state index contributed by atoms with van der Waals surface area (Å²) in [5, 5.41) is 5.86. The number of hydrogen-bond acceptors (Lipinski definition) is 10. The fourth-order valence-electron chi connectivity index (χ4n) is 8.00. The second-order valence-electron chi connectivity index (χ2n) is 15.8. The first-order chi connectivity index (χ1) is 29.4. The minimum absolute atomic E-state index is 0.0413. The summed E-state index contributed by atoms with van der Waals surface area (Å²) in [5.41, 5.74) is 14.8. The van der Waals surface area contributed by atoms with Crippen LogP contribution in [0.4, 0.5) is 20.4 Å². The molecule has 6 aromatic rings. The number of carbonyl (C=O) groups is 2. The van der Waals surface area contributed by atoms with Crippen LogP contribution in [0.2, 0.25) is 20.4 Å². The lowest BCUT2D eigenvalue weighted by Crippen LogP contribution is -2.17. The smallest absolute Gasteiger partial charge is 0.220 e. The van der Waals surface area contributed by atoms with Gasteiger partial charge < -0.3 is 31.6 Å². The summed E-state index contributed by atoms with van der Waals surface area (Å²) in [6.45, 7) is 11.9. The van der Waals surface area contributed by atoms with E-state index in [0.717, 1.165) is 0 Å². The molecular formula is C42H44Cl4F2N10O4. The Kier molecular flexibility index (Phi) is 13.0. The van der Waals surface area contributed by atoms with E-state index in [1.807, 2.05) is 41.5 Å². The van der Waals surface area contributed by atoms with Crippen LogP contribution in [0.3, 0.4) is 0 Å². The van der Waals surface area contributed by atoms with Gasteiger partial charge in [0.15, 0.2) is 21.9 Å². The van der Waals surface area contributed by atoms with Gasteiger partial charge in [-0.15, -0.1) is 0 Å². The Balaban J connectivity index is 0.000000186. The molecule has 0 spiro atoms. The number of rotatable bonds is 10. The lowest BCUT2D eigenvalue weighted by Gasteiger charge is -2.24. The zero-order valence-electron chi connectivity index (χ0n) is 34.5. The van der Waals surface area contributed by atoms with Crippen LogP contribution in [0, 0.1) is 11.6 Å². The first-order valence-electron chi connectivity index (χ1n) is 19.8. The van der Waals surface area contributed by atoms with Crippen molar-refractivity contribution in [3.8, 4) is 11.5 Å². The number of carbonyl (C=O) groups excluding carboxylic acids is 2. The molecule has 6 N–H and O–H groups in total. The van der Waals surface area contributed by atoms with Gasteiger partial charge in [-0.1, -0.05) is 60.3 Å². The highest BCUT2D eigenvalue weighted by molar-refractivity contribution is 6.34. The Bertz CT molecular complexity index is 2540. The maximum atomic E-state index is 15.2. The Labute approximate surface area is 375 Å². The highest BCUT2D eigenvalue weighted by atomic mass is 35.5. The summed E-state index contributed by atoms with van der Waals surface area (Å²) in [6.07, 6.45) is 6.42. The number of aromatic nitrogens is 6. The number of imidazole rings is 2. The van der Waals surface area contributed by atoms with Gasteiger partial charge in [0.25, 0.3) is 0 Å². The van der Waals surface area contributed by atoms with Crippen molar-refractivity contribution in [1.29, 1.82) is 0 Å². The SMILES string of the molecule is CC(C)Oc1c([C@@H](C)c2nc(Cl)c3c(N)nccn23)cc(Cl)c(F)c1C1CNC(=O)C1.CC(C)Oc1c([C@@H](C)c2nc(Cl)c3c(N)nccn23)cc(Cl)c(F)c1C1CNC(=O)C1. The third-order valence-corrected chi connectivity index (χ3v) is 11.9. The fraction of sp³-hybridized carbons (Fsp3) is 0.381. The summed E-state index contributed by atoms with van der Waals surface area (Å²) in [4.78, 5) is 40.8. The molecular weight excluding hydrogens is 888 g/mol. The molecule has 2 amide bonds. The Morgan fingerprint density at radius 2 is 1.05 bits per heavy atom. The molecule has 0 aliphatic carbocycles. The Hall–Kier alpha value is -5.16. The first kappa shape index (κ1) is 44.9. The van der Waals surface area contributed by atoms with Gasteiger partial charge in [0.2, 0.25) is 11.8 Å². The number of ether oxygens (including phenoxy) is 2. The van der Waals surface area contributed by atoms with Gasteiger partial charge in [-0.25, -0.2) is 28.7 Å². The van der Waals surface area contributed by atoms with Gasteiger partial charge in [0.05, 0.1) is 22.3 Å². The van der Waals surface area contributed by atoms with Crippen molar-refractivity contribution in [2.75, 3.05) is 24.6 Å². The van der Waals surface area contributed by atoms with Crippen molar-refractivity contribution < 1.29 is 27.8 Å². The van der Waals surface area contributed by atoms with Crippen LogP contribution in [0.5, 0.6) is 11.5 Å². The molecule has 4 atom stereocenters. The minimum atomic E-state index is -0.575. The lowest BCUT2D eigenvalue weighted by molar-refractivity contribution is -0.120. The third kappa shape index (κ3) is 8.49. The number of nitrogen functional groups attached to an aromatic ring is 2. The fourth-order valence-corrected chi connectivity index (χ4v) is 8.99. The summed E-state index contributed by atoms with van der Waals surface area (Å²) in [7, 11) is 0. The number of nitrogens with two attached hydrogens (primary N) is 2. The van der Waals surface area contributed by atoms with Crippen LogP contribution in [-0.2, 0) is 9.59 Å². The van der Waals surface area contributed by atoms with Gasteiger partial charge in [-0.3, -0.25) is 18.4 Å². The predicted molar refractivity (Wildman–Crippen MR) is 235 cm³/mol. The second-order valence-corrected chi connectivity index (χ2v) is 17.3. The van der Waals surface area contributed by atoms with Gasteiger partial charge in [0, 0.05) is 96.6 Å². The molecule has 2 unspecified atom stereocenters. The van der Waals surface area contributed by atoms with Crippen LogP contribution >= 0.6 is 46.4 Å². The van der Waals surface area contributed by atoms with E-state index in [9.17, 15) is 9.59 Å². The Morgan fingerprint density at radius 1 is 0.677 bits per heavy atom. The van der Waals surface area contributed by atoms with E-state index in [0.29, 0.717) is 69.5 Å². The van der Waals surface area contributed by atoms with Gasteiger partial charge in [-0.2, -0.15) is 0 Å². The molecule has 14 nitrogen and oxygen atoms in total. The molecule has 2 aromatic carbocycles. The molecule has 6 heterocycles. The number of benzene rings is 2. The predicted octanol–water partition coefficient (Wildman–Crippen LogP) is 8.60. The summed E-state index contributed by atoms with van der Waals surface area (Å²) < 4.78 is 46.2. The lowest BCUT2D eigenvalue weighted by atomic mass is 9.89. The molecule has 0 bridgehead atoms. The molecule has 2 saturated heterocycles. The van der Waals surface area contributed by atoms with Crippen LogP contribution in [0.15, 0.2) is 36.9 Å². The zero-order valence-corrected chi connectivity index (χ0v) is 37.5. The number of anilines is 2. The molecule has 0 radical (unpaired) electrons. The van der Waals surface area contributed by atoms with Crippen LogP contribution in [-0.4, -0.2) is 65.8 Å². The van der Waals surface area contributed by atoms with Gasteiger partial charge in [0.1, 0.15) is 45.8 Å². The zero-order chi connectivity index (χ0) is 44.9. The molecule has 328 valence electrons. The van der Waals surface area contributed by atoms with Gasteiger partial charge >= 0.3 is 0 Å². The summed E-state index contributed by atoms with van der Waals surface area (Å²) in [5.74, 6) is -0.519.